The van der Waals surface area contributed by atoms with E-state index in [2.05, 4.69) is 31.9 Å². The van der Waals surface area contributed by atoms with Gasteiger partial charge in [0.1, 0.15) is 0 Å². The molecule has 1 nitrogen and oxygen atoms in total. The van der Waals surface area contributed by atoms with Crippen LogP contribution in [0.5, 0.6) is 0 Å². The summed E-state index contributed by atoms with van der Waals surface area (Å²) in [5, 5.41) is 0. The first kappa shape index (κ1) is 12.3. The van der Waals surface area contributed by atoms with Crippen molar-refractivity contribution in [2.24, 2.45) is 0 Å². The first-order valence-electron chi connectivity index (χ1n) is 4.32. The summed E-state index contributed by atoms with van der Waals surface area (Å²) in [6.07, 6.45) is 0. The van der Waals surface area contributed by atoms with E-state index in [1.54, 1.807) is 24.3 Å². The molecule has 1 heterocycles. The lowest BCUT2D eigenvalue weighted by Gasteiger charge is -2.00. The van der Waals surface area contributed by atoms with Crippen LogP contribution >= 0.6 is 54.8 Å². The summed E-state index contributed by atoms with van der Waals surface area (Å²) < 4.78 is 2.36. The average molecular weight is 380 g/mol. The van der Waals surface area contributed by atoms with Gasteiger partial charge in [0.25, 0.3) is 0 Å². The normalized spacial score (nSPS) is 10.4. The maximum absolute atomic E-state index is 12.1. The van der Waals surface area contributed by atoms with Gasteiger partial charge in [0.05, 0.1) is 9.21 Å². The third-order valence-electron chi connectivity index (χ3n) is 1.92. The standard InChI is InChI=1S/C11H5Br2ClOS/c12-7-3-6(4-8(13)5-7)11(15)9-1-2-10(14)16-9/h1-5H. The first-order chi connectivity index (χ1) is 7.56. The van der Waals surface area contributed by atoms with Gasteiger partial charge in [-0.15, -0.1) is 11.3 Å². The Morgan fingerprint density at radius 3 is 2.25 bits per heavy atom. The molecule has 5 heteroatoms. The van der Waals surface area contributed by atoms with Crippen molar-refractivity contribution >= 4 is 60.6 Å². The second kappa shape index (κ2) is 5.00. The van der Waals surface area contributed by atoms with Gasteiger partial charge in [0.15, 0.2) is 0 Å². The van der Waals surface area contributed by atoms with Crippen LogP contribution in [0.25, 0.3) is 0 Å². The van der Waals surface area contributed by atoms with Gasteiger partial charge in [-0.2, -0.15) is 0 Å². The summed E-state index contributed by atoms with van der Waals surface area (Å²) >= 11 is 13.8. The molecule has 2 aromatic rings. The highest BCUT2D eigenvalue weighted by molar-refractivity contribution is 9.11. The van der Waals surface area contributed by atoms with Crippen LogP contribution < -0.4 is 0 Å². The number of carbonyl (C=O) groups excluding carboxylic acids is 1. The molecule has 0 amide bonds. The van der Waals surface area contributed by atoms with E-state index in [1.807, 2.05) is 6.07 Å². The van der Waals surface area contributed by atoms with E-state index < -0.39 is 0 Å². The number of hydrogen-bond donors (Lipinski definition) is 0. The minimum atomic E-state index is -0.0149. The maximum Gasteiger partial charge on any atom is 0.203 e. The third kappa shape index (κ3) is 2.74. The summed E-state index contributed by atoms with van der Waals surface area (Å²) in [5.74, 6) is -0.0149. The zero-order chi connectivity index (χ0) is 11.7. The zero-order valence-electron chi connectivity index (χ0n) is 7.84. The van der Waals surface area contributed by atoms with E-state index >= 15 is 0 Å². The van der Waals surface area contributed by atoms with E-state index in [4.69, 9.17) is 11.6 Å². The molecule has 0 N–H and O–H groups in total. The van der Waals surface area contributed by atoms with Gasteiger partial charge in [-0.05, 0) is 30.3 Å². The lowest BCUT2D eigenvalue weighted by molar-refractivity contribution is 0.104. The second-order valence-electron chi connectivity index (χ2n) is 3.09. The van der Waals surface area contributed by atoms with Crippen molar-refractivity contribution in [3.05, 3.63) is 54.1 Å². The molecular weight excluding hydrogens is 375 g/mol. The van der Waals surface area contributed by atoms with Crippen LogP contribution in [0.4, 0.5) is 0 Å². The maximum atomic E-state index is 12.1. The molecule has 1 aromatic carbocycles. The predicted octanol–water partition coefficient (Wildman–Crippen LogP) is 5.16. The number of rotatable bonds is 2. The zero-order valence-corrected chi connectivity index (χ0v) is 12.6. The topological polar surface area (TPSA) is 17.1 Å². The van der Waals surface area contributed by atoms with Crippen molar-refractivity contribution in [2.45, 2.75) is 0 Å². The number of ketones is 1. The highest BCUT2D eigenvalue weighted by Gasteiger charge is 2.12. The molecule has 0 aliphatic rings. The van der Waals surface area contributed by atoms with E-state index in [-0.39, 0.29) is 5.78 Å². The van der Waals surface area contributed by atoms with Crippen LogP contribution in [-0.4, -0.2) is 5.78 Å². The lowest BCUT2D eigenvalue weighted by atomic mass is 10.1. The van der Waals surface area contributed by atoms with E-state index in [1.165, 1.54) is 11.3 Å². The highest BCUT2D eigenvalue weighted by Crippen LogP contribution is 2.26. The number of benzene rings is 1. The molecule has 0 atom stereocenters. The van der Waals surface area contributed by atoms with Crippen LogP contribution in [-0.2, 0) is 0 Å². The summed E-state index contributed by atoms with van der Waals surface area (Å²) in [7, 11) is 0. The quantitative estimate of drug-likeness (QED) is 0.658. The molecule has 0 aliphatic carbocycles. The number of halogens is 3. The molecular formula is C11H5Br2ClOS. The molecule has 0 radical (unpaired) electrons. The van der Waals surface area contributed by atoms with Gasteiger partial charge < -0.3 is 0 Å². The minimum absolute atomic E-state index is 0.0149. The highest BCUT2D eigenvalue weighted by atomic mass is 79.9. The second-order valence-corrected chi connectivity index (χ2v) is 6.64. The Bertz CT molecular complexity index is 530. The molecule has 0 saturated heterocycles. The molecule has 82 valence electrons. The smallest absolute Gasteiger partial charge is 0.203 e. The van der Waals surface area contributed by atoms with Crippen LogP contribution in [0.15, 0.2) is 39.3 Å². The van der Waals surface area contributed by atoms with E-state index in [0.29, 0.717) is 14.8 Å². The summed E-state index contributed by atoms with van der Waals surface area (Å²) in [6.45, 7) is 0. The predicted molar refractivity (Wildman–Crippen MR) is 74.6 cm³/mol. The first-order valence-corrected chi connectivity index (χ1v) is 7.10. The molecule has 2 rings (SSSR count). The van der Waals surface area contributed by atoms with Crippen molar-refractivity contribution in [1.82, 2.24) is 0 Å². The van der Waals surface area contributed by atoms with Crippen LogP contribution in [0, 0.1) is 0 Å². The van der Waals surface area contributed by atoms with Gasteiger partial charge in [-0.3, -0.25) is 4.79 Å². The van der Waals surface area contributed by atoms with Gasteiger partial charge in [-0.1, -0.05) is 43.5 Å². The van der Waals surface area contributed by atoms with Crippen molar-refractivity contribution < 1.29 is 4.79 Å². The molecule has 16 heavy (non-hydrogen) atoms. The fraction of sp³-hybridized carbons (Fsp3) is 0. The molecule has 0 unspecified atom stereocenters. The summed E-state index contributed by atoms with van der Waals surface area (Å²) in [4.78, 5) is 12.7. The monoisotopic (exact) mass is 378 g/mol. The molecule has 0 bridgehead atoms. The SMILES string of the molecule is O=C(c1cc(Br)cc(Br)c1)c1ccc(Cl)s1. The fourth-order valence-electron chi connectivity index (χ4n) is 1.26. The molecule has 1 aromatic heterocycles. The van der Waals surface area contributed by atoms with Gasteiger partial charge in [0.2, 0.25) is 5.78 Å². The Morgan fingerprint density at radius 2 is 1.75 bits per heavy atom. The van der Waals surface area contributed by atoms with Gasteiger partial charge in [-0.25, -0.2) is 0 Å². The van der Waals surface area contributed by atoms with Crippen LogP contribution in [0.3, 0.4) is 0 Å². The number of carbonyl (C=O) groups is 1. The third-order valence-corrected chi connectivity index (χ3v) is 4.07. The average Bonchev–Trinajstić information content (AvgIpc) is 2.62. The Hall–Kier alpha value is -0.160. The van der Waals surface area contributed by atoms with Crippen molar-refractivity contribution in [3.63, 3.8) is 0 Å². The Balaban J connectivity index is 2.41. The largest absolute Gasteiger partial charge is 0.288 e. The molecule has 0 fully saturated rings. The number of thiophene rings is 1. The fourth-order valence-corrected chi connectivity index (χ4v) is 3.56. The lowest BCUT2D eigenvalue weighted by Crippen LogP contribution is -1.98. The van der Waals surface area contributed by atoms with Crippen molar-refractivity contribution in [3.8, 4) is 0 Å². The Kier molecular flexibility index (Phi) is 3.85. The minimum Gasteiger partial charge on any atom is -0.288 e. The molecule has 0 spiro atoms. The Labute approximate surface area is 119 Å². The van der Waals surface area contributed by atoms with Crippen molar-refractivity contribution in [2.75, 3.05) is 0 Å². The summed E-state index contributed by atoms with van der Waals surface area (Å²) in [6, 6.07) is 8.94. The van der Waals surface area contributed by atoms with Crippen LogP contribution in [0.2, 0.25) is 4.34 Å². The number of hydrogen-bond acceptors (Lipinski definition) is 2. The van der Waals surface area contributed by atoms with Crippen LogP contribution in [0.1, 0.15) is 15.2 Å². The van der Waals surface area contributed by atoms with Crippen molar-refractivity contribution in [1.29, 1.82) is 0 Å². The summed E-state index contributed by atoms with van der Waals surface area (Å²) in [5.41, 5.74) is 0.639. The van der Waals surface area contributed by atoms with Gasteiger partial charge in [0, 0.05) is 14.5 Å². The van der Waals surface area contributed by atoms with E-state index in [0.717, 1.165) is 8.95 Å². The van der Waals surface area contributed by atoms with Gasteiger partial charge >= 0.3 is 0 Å². The molecule has 0 saturated carbocycles. The van der Waals surface area contributed by atoms with E-state index in [9.17, 15) is 4.79 Å². The molecule has 0 aliphatic heterocycles. The Morgan fingerprint density at radius 1 is 1.12 bits per heavy atom.